The van der Waals surface area contributed by atoms with Gasteiger partial charge in [0, 0.05) is 55.4 Å². The van der Waals surface area contributed by atoms with Gasteiger partial charge in [0.2, 0.25) is 12.2 Å². The smallest absolute Gasteiger partial charge is 0.211 e. The van der Waals surface area contributed by atoms with Crippen molar-refractivity contribution in [2.24, 2.45) is 0 Å². The zero-order chi connectivity index (χ0) is 44.6. The summed E-state index contributed by atoms with van der Waals surface area (Å²) < 4.78 is 12.8. The van der Waals surface area contributed by atoms with E-state index in [0.29, 0.717) is 17.2 Å². The third-order valence-corrected chi connectivity index (χ3v) is 12.1. The van der Waals surface area contributed by atoms with E-state index in [2.05, 4.69) is 209 Å². The first-order chi connectivity index (χ1) is 29.0. The van der Waals surface area contributed by atoms with Crippen LogP contribution in [-0.2, 0) is 48.1 Å². The van der Waals surface area contributed by atoms with Crippen LogP contribution in [0.3, 0.4) is 0 Å². The number of ether oxygens (including phenoxy) is 1. The Morgan fingerprint density at radius 3 is 1.79 bits per heavy atom. The molecule has 0 spiro atoms. The number of nitrogens with zero attached hydrogens (tertiary/aromatic N) is 5. The first-order valence-corrected chi connectivity index (χ1v) is 21.8. The fourth-order valence-electron chi connectivity index (χ4n) is 8.02. The van der Waals surface area contributed by atoms with Crippen molar-refractivity contribution < 1.29 is 30.4 Å². The molecule has 0 aliphatic heterocycles. The van der Waals surface area contributed by atoms with Crippen LogP contribution in [0.5, 0.6) is 11.5 Å². The average molecular weight is 1020 g/mol. The topological polar surface area (TPSA) is 48.8 Å². The largest absolute Gasteiger partial charge is 0.510 e. The van der Waals surface area contributed by atoms with Crippen LogP contribution in [0.1, 0.15) is 131 Å². The number of hydrogen-bond acceptors (Lipinski definition) is 3. The number of hydrogen-bond donors (Lipinski definition) is 0. The average Bonchev–Trinajstić information content (AvgIpc) is 3.80. The van der Waals surface area contributed by atoms with Gasteiger partial charge in [-0.25, -0.2) is 4.98 Å². The summed E-state index contributed by atoms with van der Waals surface area (Å²) in [6.07, 6.45) is 5.56. The van der Waals surface area contributed by atoms with Gasteiger partial charge in [0.15, 0.2) is 0 Å². The van der Waals surface area contributed by atoms with E-state index in [1.807, 2.05) is 30.5 Å². The fourth-order valence-corrected chi connectivity index (χ4v) is 8.02. The number of fused-ring (bicyclic) bond motifs is 3. The zero-order valence-electron chi connectivity index (χ0n) is 39.4. The summed E-state index contributed by atoms with van der Waals surface area (Å²) in [6, 6.07) is 45.8. The van der Waals surface area contributed by atoms with Gasteiger partial charge in [0.25, 0.3) is 0 Å². The molecule has 0 N–H and O–H groups in total. The molecule has 0 saturated heterocycles. The van der Waals surface area contributed by atoms with E-state index in [1.165, 1.54) is 22.3 Å². The van der Waals surface area contributed by atoms with E-state index in [4.69, 9.17) is 14.8 Å². The second-order valence-electron chi connectivity index (χ2n) is 21.5. The molecule has 3 aromatic heterocycles. The molecular formula is C56H61N5OPt-2. The molecule has 63 heavy (non-hydrogen) atoms. The van der Waals surface area contributed by atoms with Crippen LogP contribution in [0.2, 0.25) is 0 Å². The van der Waals surface area contributed by atoms with Gasteiger partial charge in [-0.1, -0.05) is 163 Å². The summed E-state index contributed by atoms with van der Waals surface area (Å²) in [5.41, 5.74) is 9.27. The van der Waals surface area contributed by atoms with Crippen molar-refractivity contribution in [1.82, 2.24) is 19.3 Å². The van der Waals surface area contributed by atoms with Crippen LogP contribution in [0.4, 0.5) is 0 Å². The monoisotopic (exact) mass is 1010 g/mol. The predicted molar refractivity (Wildman–Crippen MR) is 254 cm³/mol. The number of aromatic nitrogens is 5. The number of rotatable bonds is 7. The maximum Gasteiger partial charge on any atom is 0.211 e. The van der Waals surface area contributed by atoms with Crippen molar-refractivity contribution in [2.75, 3.05) is 0 Å². The summed E-state index contributed by atoms with van der Waals surface area (Å²) in [5, 5.41) is 7.56. The van der Waals surface area contributed by atoms with Crippen molar-refractivity contribution in [1.29, 1.82) is 0 Å². The van der Waals surface area contributed by atoms with Crippen molar-refractivity contribution >= 4 is 21.8 Å². The summed E-state index contributed by atoms with van der Waals surface area (Å²) in [4.78, 5) is 4.91. The normalized spacial score (nSPS) is 12.8. The number of pyridine rings is 1. The first kappa shape index (κ1) is 45.7. The third kappa shape index (κ3) is 9.07. The van der Waals surface area contributed by atoms with Crippen LogP contribution in [0.15, 0.2) is 115 Å². The Balaban J connectivity index is 0.00000595. The second kappa shape index (κ2) is 16.3. The zero-order valence-corrected chi connectivity index (χ0v) is 41.7. The van der Waals surface area contributed by atoms with Crippen LogP contribution < -0.4 is 9.30 Å². The second-order valence-corrected chi connectivity index (χ2v) is 21.5. The molecular weight excluding hydrogens is 954 g/mol. The maximum atomic E-state index is 6.65. The van der Waals surface area contributed by atoms with Gasteiger partial charge in [-0.05, 0) is 83.8 Å². The van der Waals surface area contributed by atoms with Gasteiger partial charge in [-0.15, -0.1) is 29.7 Å². The standard InChI is InChI=1S/C56H61N5O.Pt/c1-52(2,3)38-23-26-48-47(32-38)46-25-24-45(35-49(46)61(48)50-33-39(27-28-57-50)53(4,5)6)62-44-22-18-21-42(34-44)60-36-59(51(58-60)56(13,14)37-19-16-15-17-20-37)43-30-40(54(7,8)9)29-41(31-43)55(10,11)12;/h15-33H,1-14H3;/q-2;. The Hall–Kier alpha value is -5.32. The molecule has 0 aliphatic carbocycles. The van der Waals surface area contributed by atoms with E-state index < -0.39 is 5.41 Å². The minimum absolute atomic E-state index is 0. The molecule has 0 unspecified atom stereocenters. The molecule has 8 aromatic rings. The summed E-state index contributed by atoms with van der Waals surface area (Å²) in [5.74, 6) is 2.84. The predicted octanol–water partition coefficient (Wildman–Crippen LogP) is 13.3. The SMILES string of the molecule is CC(C)(C)c1cc(-[n+]2[c-]n(-c3[c-]c(Oc4[c-]c5c(cc4)c4cc(C(C)(C)C)ccc4n5-c4cc(C(C)(C)C)ccn4)ccc3)nc2C(C)(C)c2ccccc2)cc(C(C)(C)C)c1.[Pt]. The maximum absolute atomic E-state index is 6.65. The van der Waals surface area contributed by atoms with Gasteiger partial charge >= 0.3 is 0 Å². The van der Waals surface area contributed by atoms with Crippen molar-refractivity contribution in [2.45, 2.75) is 124 Å². The van der Waals surface area contributed by atoms with Crippen LogP contribution in [-0.4, -0.2) is 19.3 Å². The van der Waals surface area contributed by atoms with E-state index in [0.717, 1.165) is 44.7 Å². The quantitative estimate of drug-likeness (QED) is 0.118. The molecule has 5 aromatic carbocycles. The van der Waals surface area contributed by atoms with Crippen LogP contribution in [0, 0.1) is 18.5 Å². The fraction of sp³-hybridized carbons (Fsp3) is 0.339. The first-order valence-electron chi connectivity index (χ1n) is 21.8. The number of benzene rings is 5. The molecule has 328 valence electrons. The van der Waals surface area contributed by atoms with Crippen LogP contribution >= 0.6 is 0 Å². The molecule has 0 radical (unpaired) electrons. The summed E-state index contributed by atoms with van der Waals surface area (Å²) >= 11 is 0. The minimum atomic E-state index is -0.464. The van der Waals surface area contributed by atoms with E-state index in [-0.39, 0.29) is 42.7 Å². The molecule has 0 atom stereocenters. The van der Waals surface area contributed by atoms with Gasteiger partial charge in [0.05, 0.1) is 0 Å². The molecule has 3 heterocycles. The molecule has 0 saturated carbocycles. The molecule has 0 amide bonds. The van der Waals surface area contributed by atoms with E-state index in [9.17, 15) is 0 Å². The Bertz CT molecular complexity index is 2910. The van der Waals surface area contributed by atoms with Gasteiger partial charge < -0.3 is 13.9 Å². The van der Waals surface area contributed by atoms with Gasteiger partial charge in [0.1, 0.15) is 5.82 Å². The molecule has 0 fully saturated rings. The Morgan fingerprint density at radius 2 is 1.16 bits per heavy atom. The molecule has 6 nitrogen and oxygen atoms in total. The summed E-state index contributed by atoms with van der Waals surface area (Å²) in [7, 11) is 0. The van der Waals surface area contributed by atoms with E-state index in [1.54, 1.807) is 4.68 Å². The Labute approximate surface area is 389 Å². The van der Waals surface area contributed by atoms with Crippen molar-refractivity contribution in [3.8, 4) is 28.7 Å². The molecule has 0 bridgehead atoms. The van der Waals surface area contributed by atoms with Gasteiger partial charge in [-0.2, -0.15) is 22.9 Å². The van der Waals surface area contributed by atoms with Gasteiger partial charge in [-0.3, -0.25) is 0 Å². The molecule has 8 rings (SSSR count). The Kier molecular flexibility index (Phi) is 11.9. The van der Waals surface area contributed by atoms with Crippen molar-refractivity contribution in [3.05, 3.63) is 167 Å². The van der Waals surface area contributed by atoms with E-state index >= 15 is 0 Å². The minimum Gasteiger partial charge on any atom is -0.510 e. The Morgan fingerprint density at radius 1 is 0.540 bits per heavy atom. The molecule has 7 heteroatoms. The molecule has 0 aliphatic rings. The van der Waals surface area contributed by atoms with Crippen LogP contribution in [0.25, 0.3) is 39.0 Å². The third-order valence-electron chi connectivity index (χ3n) is 12.1. The van der Waals surface area contributed by atoms with Crippen molar-refractivity contribution in [3.63, 3.8) is 0 Å². The summed E-state index contributed by atoms with van der Waals surface area (Å²) in [6.45, 7) is 31.5.